The van der Waals surface area contributed by atoms with E-state index in [1.807, 2.05) is 48.5 Å². The van der Waals surface area contributed by atoms with Gasteiger partial charge in [-0.1, -0.05) is 36.4 Å². The second kappa shape index (κ2) is 11.6. The van der Waals surface area contributed by atoms with Gasteiger partial charge in [-0.15, -0.1) is 0 Å². The van der Waals surface area contributed by atoms with Crippen LogP contribution in [-0.4, -0.2) is 39.1 Å². The summed E-state index contributed by atoms with van der Waals surface area (Å²) in [6, 6.07) is 22.3. The smallest absolute Gasteiger partial charge is 0.251 e. The summed E-state index contributed by atoms with van der Waals surface area (Å²) in [5.41, 5.74) is 3.25. The van der Waals surface area contributed by atoms with Crippen LogP contribution in [-0.2, 0) is 12.8 Å². The van der Waals surface area contributed by atoms with Crippen molar-refractivity contribution in [1.29, 1.82) is 0 Å². The number of carbonyl (C=O) groups excluding carboxylic acids is 2. The maximum Gasteiger partial charge on any atom is 0.251 e. The maximum absolute atomic E-state index is 12.4. The highest BCUT2D eigenvalue weighted by Gasteiger charge is 2.09. The number of benzene rings is 3. The Morgan fingerprint density at radius 2 is 1.19 bits per heavy atom. The number of nitrogens with one attached hydrogen (secondary N) is 2. The molecule has 0 saturated carbocycles. The Morgan fingerprint density at radius 3 is 1.72 bits per heavy atom. The summed E-state index contributed by atoms with van der Waals surface area (Å²) in [5.74, 6) is 1.00. The molecule has 0 saturated heterocycles. The van der Waals surface area contributed by atoms with Crippen LogP contribution in [0.3, 0.4) is 0 Å². The molecule has 2 N–H and O–H groups in total. The lowest BCUT2D eigenvalue weighted by atomic mass is 10.1. The first-order valence-electron chi connectivity index (χ1n) is 10.5. The van der Waals surface area contributed by atoms with Crippen LogP contribution >= 0.6 is 0 Å². The highest BCUT2D eigenvalue weighted by Crippen LogP contribution is 2.27. The van der Waals surface area contributed by atoms with Gasteiger partial charge in [0.05, 0.1) is 14.2 Å². The van der Waals surface area contributed by atoms with E-state index in [0.29, 0.717) is 42.1 Å². The molecule has 0 atom stereocenters. The monoisotopic (exact) mass is 432 g/mol. The number of rotatable bonds is 10. The van der Waals surface area contributed by atoms with Crippen LogP contribution in [0.1, 0.15) is 31.8 Å². The van der Waals surface area contributed by atoms with Crippen molar-refractivity contribution in [2.75, 3.05) is 27.3 Å². The number of hydrogen-bond acceptors (Lipinski definition) is 4. The van der Waals surface area contributed by atoms with E-state index in [1.165, 1.54) is 5.56 Å². The molecule has 3 aromatic rings. The van der Waals surface area contributed by atoms with Crippen molar-refractivity contribution in [2.45, 2.75) is 12.8 Å². The normalized spacial score (nSPS) is 10.3. The van der Waals surface area contributed by atoms with Crippen LogP contribution in [0.2, 0.25) is 0 Å². The molecule has 0 heterocycles. The predicted molar refractivity (Wildman–Crippen MR) is 125 cm³/mol. The van der Waals surface area contributed by atoms with Crippen molar-refractivity contribution < 1.29 is 19.1 Å². The average Bonchev–Trinajstić information content (AvgIpc) is 2.84. The second-order valence-electron chi connectivity index (χ2n) is 7.26. The van der Waals surface area contributed by atoms with Crippen LogP contribution in [0.25, 0.3) is 0 Å². The molecule has 0 aromatic heterocycles. The summed E-state index contributed by atoms with van der Waals surface area (Å²) in [5, 5.41) is 5.81. The van der Waals surface area contributed by atoms with Crippen LogP contribution in [0.4, 0.5) is 0 Å². The Labute approximate surface area is 188 Å². The topological polar surface area (TPSA) is 76.7 Å². The highest BCUT2D eigenvalue weighted by atomic mass is 16.5. The quantitative estimate of drug-likeness (QED) is 0.513. The third-order valence-electron chi connectivity index (χ3n) is 5.10. The molecule has 0 aliphatic rings. The fraction of sp³-hybridized carbons (Fsp3) is 0.231. The van der Waals surface area contributed by atoms with E-state index in [0.717, 1.165) is 12.0 Å². The molecule has 2 amide bonds. The van der Waals surface area contributed by atoms with E-state index < -0.39 is 0 Å². The third-order valence-corrected chi connectivity index (χ3v) is 5.10. The molecular formula is C26H28N2O4. The molecule has 6 heteroatoms. The van der Waals surface area contributed by atoms with Crippen molar-refractivity contribution in [3.8, 4) is 11.5 Å². The molecule has 0 unspecified atom stereocenters. The number of amides is 2. The Hall–Kier alpha value is -3.80. The summed E-state index contributed by atoms with van der Waals surface area (Å²) >= 11 is 0. The Balaban J connectivity index is 1.45. The molecule has 166 valence electrons. The SMILES string of the molecule is COc1ccc(CCNC(=O)c2ccc(C(=O)NCCc3ccccc3)cc2)cc1OC. The van der Waals surface area contributed by atoms with E-state index in [-0.39, 0.29) is 11.8 Å². The van der Waals surface area contributed by atoms with Crippen LogP contribution in [0, 0.1) is 0 Å². The van der Waals surface area contributed by atoms with Crippen LogP contribution < -0.4 is 20.1 Å². The summed E-state index contributed by atoms with van der Waals surface area (Å²) in [6.07, 6.45) is 1.43. The summed E-state index contributed by atoms with van der Waals surface area (Å²) in [4.78, 5) is 24.7. The molecule has 6 nitrogen and oxygen atoms in total. The van der Waals surface area contributed by atoms with E-state index in [2.05, 4.69) is 10.6 Å². The van der Waals surface area contributed by atoms with Gasteiger partial charge in [0.15, 0.2) is 11.5 Å². The predicted octanol–water partition coefficient (Wildman–Crippen LogP) is 3.65. The molecule has 0 aliphatic heterocycles. The second-order valence-corrected chi connectivity index (χ2v) is 7.26. The zero-order valence-corrected chi connectivity index (χ0v) is 18.4. The fourth-order valence-corrected chi connectivity index (χ4v) is 3.30. The van der Waals surface area contributed by atoms with E-state index in [4.69, 9.17) is 9.47 Å². The number of methoxy groups -OCH3 is 2. The first-order chi connectivity index (χ1) is 15.6. The van der Waals surface area contributed by atoms with Gasteiger partial charge in [0.1, 0.15) is 0 Å². The largest absolute Gasteiger partial charge is 0.493 e. The van der Waals surface area contributed by atoms with Gasteiger partial charge < -0.3 is 20.1 Å². The zero-order valence-electron chi connectivity index (χ0n) is 18.4. The van der Waals surface area contributed by atoms with Crippen molar-refractivity contribution in [1.82, 2.24) is 10.6 Å². The van der Waals surface area contributed by atoms with Gasteiger partial charge in [0.2, 0.25) is 0 Å². The van der Waals surface area contributed by atoms with Gasteiger partial charge in [-0.3, -0.25) is 9.59 Å². The molecular weight excluding hydrogens is 404 g/mol. The molecule has 0 aliphatic carbocycles. The Kier molecular flexibility index (Phi) is 8.26. The first kappa shape index (κ1) is 22.9. The molecule has 0 radical (unpaired) electrons. The first-order valence-corrected chi connectivity index (χ1v) is 10.5. The lowest BCUT2D eigenvalue weighted by Gasteiger charge is -2.10. The van der Waals surface area contributed by atoms with Gasteiger partial charge in [-0.2, -0.15) is 0 Å². The summed E-state index contributed by atoms with van der Waals surface area (Å²) in [6.45, 7) is 1.04. The fourth-order valence-electron chi connectivity index (χ4n) is 3.30. The van der Waals surface area contributed by atoms with Gasteiger partial charge in [0.25, 0.3) is 11.8 Å². The van der Waals surface area contributed by atoms with Crippen LogP contribution in [0.5, 0.6) is 11.5 Å². The van der Waals surface area contributed by atoms with E-state index >= 15 is 0 Å². The number of ether oxygens (including phenoxy) is 2. The minimum absolute atomic E-state index is 0.152. The van der Waals surface area contributed by atoms with Gasteiger partial charge in [-0.05, 0) is 60.4 Å². The number of carbonyl (C=O) groups is 2. The van der Waals surface area contributed by atoms with Crippen molar-refractivity contribution >= 4 is 11.8 Å². The summed E-state index contributed by atoms with van der Waals surface area (Å²) < 4.78 is 10.5. The lowest BCUT2D eigenvalue weighted by molar-refractivity contribution is 0.0942. The molecule has 0 fully saturated rings. The van der Waals surface area contributed by atoms with Gasteiger partial charge >= 0.3 is 0 Å². The van der Waals surface area contributed by atoms with Crippen molar-refractivity contribution in [2.24, 2.45) is 0 Å². The zero-order chi connectivity index (χ0) is 22.8. The minimum Gasteiger partial charge on any atom is -0.493 e. The minimum atomic E-state index is -0.179. The van der Waals surface area contributed by atoms with Crippen molar-refractivity contribution in [3.63, 3.8) is 0 Å². The maximum atomic E-state index is 12.4. The van der Waals surface area contributed by atoms with E-state index in [9.17, 15) is 9.59 Å². The molecule has 3 aromatic carbocycles. The third kappa shape index (κ3) is 6.35. The van der Waals surface area contributed by atoms with Gasteiger partial charge in [-0.25, -0.2) is 0 Å². The lowest BCUT2D eigenvalue weighted by Crippen LogP contribution is -2.27. The van der Waals surface area contributed by atoms with E-state index in [1.54, 1.807) is 38.5 Å². The Bertz CT molecular complexity index is 1030. The van der Waals surface area contributed by atoms with Gasteiger partial charge in [0, 0.05) is 24.2 Å². The molecule has 0 spiro atoms. The van der Waals surface area contributed by atoms with Crippen molar-refractivity contribution in [3.05, 3.63) is 95.1 Å². The molecule has 32 heavy (non-hydrogen) atoms. The summed E-state index contributed by atoms with van der Waals surface area (Å²) in [7, 11) is 3.19. The molecule has 3 rings (SSSR count). The highest BCUT2D eigenvalue weighted by molar-refractivity contribution is 5.97. The Morgan fingerprint density at radius 1 is 0.656 bits per heavy atom. The molecule has 0 bridgehead atoms. The standard InChI is InChI=1S/C26H28N2O4/c1-31-23-13-8-20(18-24(23)32-2)15-17-28-26(30)22-11-9-21(10-12-22)25(29)27-16-14-19-6-4-3-5-7-19/h3-13,18H,14-17H2,1-2H3,(H,27,29)(H,28,30). The van der Waals surface area contributed by atoms with Crippen LogP contribution in [0.15, 0.2) is 72.8 Å². The number of hydrogen-bond donors (Lipinski definition) is 2. The average molecular weight is 433 g/mol.